The first-order chi connectivity index (χ1) is 9.00. The van der Waals surface area contributed by atoms with E-state index in [0.717, 1.165) is 16.0 Å². The number of nitrogens with zero attached hydrogens (tertiary/aromatic N) is 1. The quantitative estimate of drug-likeness (QED) is 0.883. The van der Waals surface area contributed by atoms with Gasteiger partial charge in [-0.3, -0.25) is 0 Å². The fourth-order valence-electron chi connectivity index (χ4n) is 3.14. The summed E-state index contributed by atoms with van der Waals surface area (Å²) in [4.78, 5) is 2.40. The largest absolute Gasteiger partial charge is 0.389 e. The molecule has 1 fully saturated rings. The van der Waals surface area contributed by atoms with Crippen molar-refractivity contribution >= 4 is 21.6 Å². The number of hydrogen-bond donors (Lipinski definition) is 1. The lowest BCUT2D eigenvalue weighted by molar-refractivity contribution is 0.198. The monoisotopic (exact) mass is 325 g/mol. The van der Waals surface area contributed by atoms with Crippen LogP contribution < -0.4 is 4.90 Å². The summed E-state index contributed by atoms with van der Waals surface area (Å²) in [5, 5.41) is 9.68. The zero-order chi connectivity index (χ0) is 14.0. The molecule has 0 bridgehead atoms. The van der Waals surface area contributed by atoms with Crippen LogP contribution in [0.5, 0.6) is 0 Å². The van der Waals surface area contributed by atoms with E-state index in [1.165, 1.54) is 31.4 Å². The number of rotatable bonds is 3. The summed E-state index contributed by atoms with van der Waals surface area (Å²) in [5.41, 5.74) is 2.18. The minimum Gasteiger partial charge on any atom is -0.389 e. The maximum atomic E-state index is 9.68. The van der Waals surface area contributed by atoms with Crippen molar-refractivity contribution in [2.24, 2.45) is 5.92 Å². The first-order valence-corrected chi connectivity index (χ1v) is 8.00. The number of halogens is 1. The van der Waals surface area contributed by atoms with Gasteiger partial charge in [-0.05, 0) is 43.4 Å². The third kappa shape index (κ3) is 3.32. The van der Waals surface area contributed by atoms with Crippen LogP contribution in [0.4, 0.5) is 5.69 Å². The van der Waals surface area contributed by atoms with Crippen LogP contribution >= 0.6 is 15.9 Å². The molecule has 1 aromatic rings. The van der Waals surface area contributed by atoms with Crippen molar-refractivity contribution in [2.45, 2.75) is 51.7 Å². The molecule has 0 amide bonds. The maximum Gasteiger partial charge on any atom is 0.0772 e. The highest BCUT2D eigenvalue weighted by molar-refractivity contribution is 9.10. The van der Waals surface area contributed by atoms with E-state index in [4.69, 9.17) is 0 Å². The average Bonchev–Trinajstić information content (AvgIpc) is 2.38. The van der Waals surface area contributed by atoms with Gasteiger partial charge in [0.1, 0.15) is 0 Å². The Morgan fingerprint density at radius 3 is 2.58 bits per heavy atom. The van der Waals surface area contributed by atoms with Gasteiger partial charge in [0.2, 0.25) is 0 Å². The molecule has 0 aliphatic heterocycles. The third-order valence-electron chi connectivity index (χ3n) is 4.41. The Hall–Kier alpha value is -0.540. The molecule has 1 aromatic carbocycles. The van der Waals surface area contributed by atoms with Gasteiger partial charge in [0.15, 0.2) is 0 Å². The Kier molecular flexibility index (Phi) is 4.91. The van der Waals surface area contributed by atoms with E-state index >= 15 is 0 Å². The number of anilines is 1. The Morgan fingerprint density at radius 1 is 1.32 bits per heavy atom. The van der Waals surface area contributed by atoms with Crippen LogP contribution in [-0.2, 0) is 0 Å². The zero-order valence-corrected chi connectivity index (χ0v) is 13.7. The molecule has 0 radical (unpaired) electrons. The number of hydrogen-bond acceptors (Lipinski definition) is 2. The van der Waals surface area contributed by atoms with Gasteiger partial charge in [0.25, 0.3) is 0 Å². The van der Waals surface area contributed by atoms with Gasteiger partial charge in [-0.25, -0.2) is 0 Å². The second-order valence-corrected chi connectivity index (χ2v) is 6.68. The minimum absolute atomic E-state index is 0.428. The number of benzene rings is 1. The molecule has 2 unspecified atom stereocenters. The summed E-state index contributed by atoms with van der Waals surface area (Å²) in [7, 11) is 2.19. The van der Waals surface area contributed by atoms with Gasteiger partial charge >= 0.3 is 0 Å². The molecule has 3 heteroatoms. The Balaban J connectivity index is 2.19. The molecule has 19 heavy (non-hydrogen) atoms. The van der Waals surface area contributed by atoms with Crippen molar-refractivity contribution in [1.82, 2.24) is 0 Å². The molecule has 0 saturated heterocycles. The van der Waals surface area contributed by atoms with Crippen LogP contribution in [0.2, 0.25) is 0 Å². The Labute approximate surface area is 124 Å². The highest BCUT2D eigenvalue weighted by Gasteiger charge is 2.25. The molecule has 0 aromatic heterocycles. The Morgan fingerprint density at radius 2 is 2.00 bits per heavy atom. The van der Waals surface area contributed by atoms with Crippen LogP contribution in [0.3, 0.4) is 0 Å². The normalized spacial score (nSPS) is 25.1. The van der Waals surface area contributed by atoms with Crippen LogP contribution in [0.15, 0.2) is 22.7 Å². The van der Waals surface area contributed by atoms with E-state index in [2.05, 4.69) is 46.9 Å². The van der Waals surface area contributed by atoms with Crippen molar-refractivity contribution in [3.05, 3.63) is 28.2 Å². The number of aliphatic hydroxyl groups excluding tert-OH is 1. The molecular formula is C16H24BrNO. The Bertz CT molecular complexity index is 433. The molecule has 1 aliphatic carbocycles. The second-order valence-electron chi connectivity index (χ2n) is 5.82. The second kappa shape index (κ2) is 6.27. The molecule has 0 spiro atoms. The van der Waals surface area contributed by atoms with Crippen molar-refractivity contribution in [1.29, 1.82) is 0 Å². The molecule has 2 rings (SSSR count). The third-order valence-corrected chi connectivity index (χ3v) is 5.09. The van der Waals surface area contributed by atoms with Gasteiger partial charge in [-0.2, -0.15) is 0 Å². The number of aliphatic hydroxyl groups is 1. The van der Waals surface area contributed by atoms with Crippen molar-refractivity contribution < 1.29 is 5.11 Å². The standard InChI is InChI=1S/C16H24BrNO/c1-11-6-4-5-7-16(11)18(3)13-8-9-14(12(2)19)15(17)10-13/h8-12,16,19H,4-7H2,1-3H3/t11?,12-,16?/m0/s1. The zero-order valence-electron chi connectivity index (χ0n) is 12.1. The van der Waals surface area contributed by atoms with Crippen molar-refractivity contribution in [2.75, 3.05) is 11.9 Å². The van der Waals surface area contributed by atoms with E-state index in [9.17, 15) is 5.11 Å². The first-order valence-electron chi connectivity index (χ1n) is 7.21. The lowest BCUT2D eigenvalue weighted by Gasteiger charge is -2.38. The summed E-state index contributed by atoms with van der Waals surface area (Å²) < 4.78 is 0.996. The van der Waals surface area contributed by atoms with Crippen LogP contribution in [-0.4, -0.2) is 18.2 Å². The highest BCUT2D eigenvalue weighted by Crippen LogP contribution is 2.33. The molecule has 3 atom stereocenters. The van der Waals surface area contributed by atoms with E-state index in [-0.39, 0.29) is 0 Å². The summed E-state index contributed by atoms with van der Waals surface area (Å²) in [5.74, 6) is 0.758. The summed E-state index contributed by atoms with van der Waals surface area (Å²) in [6.07, 6.45) is 4.90. The maximum absolute atomic E-state index is 9.68. The predicted octanol–water partition coefficient (Wildman–Crippen LogP) is 4.52. The van der Waals surface area contributed by atoms with Gasteiger partial charge in [0, 0.05) is 23.2 Å². The predicted molar refractivity (Wildman–Crippen MR) is 84.6 cm³/mol. The van der Waals surface area contributed by atoms with E-state index < -0.39 is 6.10 Å². The smallest absolute Gasteiger partial charge is 0.0772 e. The van der Waals surface area contributed by atoms with Crippen LogP contribution in [0.25, 0.3) is 0 Å². The van der Waals surface area contributed by atoms with Gasteiger partial charge < -0.3 is 10.0 Å². The summed E-state index contributed by atoms with van der Waals surface area (Å²) >= 11 is 3.57. The highest BCUT2D eigenvalue weighted by atomic mass is 79.9. The van der Waals surface area contributed by atoms with Crippen molar-refractivity contribution in [3.8, 4) is 0 Å². The van der Waals surface area contributed by atoms with Gasteiger partial charge in [0.05, 0.1) is 6.10 Å². The fourth-order valence-corrected chi connectivity index (χ4v) is 3.84. The SMILES string of the molecule is CC1CCCCC1N(C)c1ccc([C@H](C)O)c(Br)c1. The lowest BCUT2D eigenvalue weighted by atomic mass is 9.85. The van der Waals surface area contributed by atoms with E-state index in [0.29, 0.717) is 6.04 Å². The molecule has 1 aliphatic rings. The van der Waals surface area contributed by atoms with Crippen LogP contribution in [0.1, 0.15) is 51.2 Å². The van der Waals surface area contributed by atoms with Crippen molar-refractivity contribution in [3.63, 3.8) is 0 Å². The lowest BCUT2D eigenvalue weighted by Crippen LogP contribution is -2.39. The van der Waals surface area contributed by atoms with Gasteiger partial charge in [-0.1, -0.05) is 41.8 Å². The molecule has 0 heterocycles. The molecular weight excluding hydrogens is 302 g/mol. The summed E-state index contributed by atoms with van der Waals surface area (Å²) in [6.45, 7) is 4.16. The minimum atomic E-state index is -0.428. The molecule has 1 N–H and O–H groups in total. The fraction of sp³-hybridized carbons (Fsp3) is 0.625. The average molecular weight is 326 g/mol. The van der Waals surface area contributed by atoms with E-state index in [1.807, 2.05) is 6.07 Å². The van der Waals surface area contributed by atoms with Crippen LogP contribution in [0, 0.1) is 5.92 Å². The first kappa shape index (κ1) is 14.9. The molecule has 1 saturated carbocycles. The molecule has 2 nitrogen and oxygen atoms in total. The van der Waals surface area contributed by atoms with E-state index in [1.54, 1.807) is 6.92 Å². The van der Waals surface area contributed by atoms with Gasteiger partial charge in [-0.15, -0.1) is 0 Å². The summed E-state index contributed by atoms with van der Waals surface area (Å²) in [6, 6.07) is 6.91. The topological polar surface area (TPSA) is 23.5 Å². The molecule has 106 valence electrons.